The van der Waals surface area contributed by atoms with E-state index in [1.54, 1.807) is 6.07 Å². The predicted octanol–water partition coefficient (Wildman–Crippen LogP) is 0.934. The van der Waals surface area contributed by atoms with Crippen LogP contribution in [0.15, 0.2) is 30.5 Å². The van der Waals surface area contributed by atoms with E-state index < -0.39 is 10.8 Å². The zero-order chi connectivity index (χ0) is 14.0. The molecule has 0 bridgehead atoms. The van der Waals surface area contributed by atoms with Crippen molar-refractivity contribution in [3.05, 3.63) is 51.7 Å². The van der Waals surface area contributed by atoms with Crippen molar-refractivity contribution < 1.29 is 9.72 Å². The second-order valence-corrected chi connectivity index (χ2v) is 3.56. The lowest BCUT2D eigenvalue weighted by Crippen LogP contribution is -2.14. The fourth-order valence-electron chi connectivity index (χ4n) is 1.51. The number of nitriles is 1. The third kappa shape index (κ3) is 2.12. The van der Waals surface area contributed by atoms with E-state index in [-0.39, 0.29) is 22.6 Å². The van der Waals surface area contributed by atoms with Crippen LogP contribution in [0.1, 0.15) is 15.9 Å². The first-order valence-electron chi connectivity index (χ1n) is 5.08. The molecule has 0 saturated carbocycles. The molecular formula is C11H7N5O3. The SMILES string of the molecule is N#Cc1cn(C(=O)c2ccccc2[N+](=O)[O-])nc1N. The van der Waals surface area contributed by atoms with Crippen molar-refractivity contribution in [2.75, 3.05) is 5.73 Å². The summed E-state index contributed by atoms with van der Waals surface area (Å²) >= 11 is 0. The standard InChI is InChI=1S/C11H7N5O3/c12-5-7-6-15(14-10(7)13)11(17)8-3-1-2-4-9(8)16(18)19/h1-4,6H,(H2,13,14). The summed E-state index contributed by atoms with van der Waals surface area (Å²) in [6, 6.07) is 7.24. The van der Waals surface area contributed by atoms with Crippen molar-refractivity contribution in [2.45, 2.75) is 0 Å². The minimum atomic E-state index is -0.722. The van der Waals surface area contributed by atoms with Gasteiger partial charge in [0.15, 0.2) is 5.82 Å². The van der Waals surface area contributed by atoms with Crippen LogP contribution in [0.25, 0.3) is 0 Å². The van der Waals surface area contributed by atoms with Gasteiger partial charge in [0, 0.05) is 6.07 Å². The van der Waals surface area contributed by atoms with E-state index in [9.17, 15) is 14.9 Å². The fourth-order valence-corrected chi connectivity index (χ4v) is 1.51. The Labute approximate surface area is 106 Å². The Morgan fingerprint density at radius 3 is 2.74 bits per heavy atom. The van der Waals surface area contributed by atoms with E-state index in [0.717, 1.165) is 10.9 Å². The van der Waals surface area contributed by atoms with Gasteiger partial charge < -0.3 is 5.73 Å². The van der Waals surface area contributed by atoms with E-state index in [0.29, 0.717) is 0 Å². The summed E-state index contributed by atoms with van der Waals surface area (Å²) in [5, 5.41) is 23.2. The number of carbonyl (C=O) groups excluding carboxylic acids is 1. The first-order chi connectivity index (χ1) is 9.04. The summed E-state index contributed by atoms with van der Waals surface area (Å²) in [5.74, 6) is -0.824. The van der Waals surface area contributed by atoms with Crippen LogP contribution in [0.3, 0.4) is 0 Å². The topological polar surface area (TPSA) is 128 Å². The van der Waals surface area contributed by atoms with Gasteiger partial charge in [0.1, 0.15) is 17.2 Å². The van der Waals surface area contributed by atoms with E-state index in [1.165, 1.54) is 24.3 Å². The smallest absolute Gasteiger partial charge is 0.285 e. The Bertz CT molecular complexity index is 713. The summed E-state index contributed by atoms with van der Waals surface area (Å²) in [7, 11) is 0. The molecule has 19 heavy (non-hydrogen) atoms. The maximum Gasteiger partial charge on any atom is 0.285 e. The number of hydrogen-bond acceptors (Lipinski definition) is 6. The first kappa shape index (κ1) is 12.3. The monoisotopic (exact) mass is 257 g/mol. The molecule has 0 amide bonds. The van der Waals surface area contributed by atoms with Gasteiger partial charge in [-0.2, -0.15) is 5.26 Å². The summed E-state index contributed by atoms with van der Waals surface area (Å²) in [6.45, 7) is 0. The zero-order valence-electron chi connectivity index (χ0n) is 9.48. The van der Waals surface area contributed by atoms with Crippen molar-refractivity contribution in [1.82, 2.24) is 9.78 Å². The number of nitro benzene ring substituents is 1. The van der Waals surface area contributed by atoms with Crippen LogP contribution < -0.4 is 5.73 Å². The lowest BCUT2D eigenvalue weighted by molar-refractivity contribution is -0.385. The Balaban J connectivity index is 2.50. The largest absolute Gasteiger partial charge is 0.381 e. The third-order valence-corrected chi connectivity index (χ3v) is 2.40. The lowest BCUT2D eigenvalue weighted by atomic mass is 10.1. The highest BCUT2D eigenvalue weighted by Crippen LogP contribution is 2.19. The molecule has 2 rings (SSSR count). The van der Waals surface area contributed by atoms with Crippen molar-refractivity contribution >= 4 is 17.4 Å². The highest BCUT2D eigenvalue weighted by molar-refractivity contribution is 5.99. The van der Waals surface area contributed by atoms with E-state index in [1.807, 2.05) is 0 Å². The Hall–Kier alpha value is -3.21. The second-order valence-electron chi connectivity index (χ2n) is 3.56. The van der Waals surface area contributed by atoms with Crippen LogP contribution in [0, 0.1) is 21.4 Å². The van der Waals surface area contributed by atoms with Crippen LogP contribution >= 0.6 is 0 Å². The number of nitrogens with two attached hydrogens (primary N) is 1. The van der Waals surface area contributed by atoms with Crippen LogP contribution in [0.4, 0.5) is 11.5 Å². The molecule has 0 unspecified atom stereocenters. The molecule has 0 fully saturated rings. The molecule has 8 nitrogen and oxygen atoms in total. The number of aromatic nitrogens is 2. The minimum Gasteiger partial charge on any atom is -0.381 e. The van der Waals surface area contributed by atoms with Crippen molar-refractivity contribution in [1.29, 1.82) is 5.26 Å². The number of rotatable bonds is 2. The first-order valence-corrected chi connectivity index (χ1v) is 5.08. The van der Waals surface area contributed by atoms with Gasteiger partial charge in [0.05, 0.1) is 11.1 Å². The van der Waals surface area contributed by atoms with Gasteiger partial charge in [-0.1, -0.05) is 12.1 Å². The van der Waals surface area contributed by atoms with Crippen molar-refractivity contribution in [3.63, 3.8) is 0 Å². The number of hydrogen-bond donors (Lipinski definition) is 1. The van der Waals surface area contributed by atoms with Crippen LogP contribution in [-0.2, 0) is 0 Å². The highest BCUT2D eigenvalue weighted by atomic mass is 16.6. The molecule has 0 atom stereocenters. The fraction of sp³-hybridized carbons (Fsp3) is 0. The quantitative estimate of drug-likeness (QED) is 0.629. The molecule has 2 N–H and O–H groups in total. The summed E-state index contributed by atoms with van der Waals surface area (Å²) in [6.07, 6.45) is 1.13. The van der Waals surface area contributed by atoms with Crippen LogP contribution in [-0.4, -0.2) is 20.6 Å². The number of para-hydroxylation sites is 1. The average Bonchev–Trinajstić information content (AvgIpc) is 2.79. The summed E-state index contributed by atoms with van der Waals surface area (Å²) in [4.78, 5) is 22.3. The van der Waals surface area contributed by atoms with Crippen LogP contribution in [0.2, 0.25) is 0 Å². The molecular weight excluding hydrogens is 250 g/mol. The molecule has 0 spiro atoms. The molecule has 0 saturated heterocycles. The second kappa shape index (κ2) is 4.58. The average molecular weight is 257 g/mol. The molecule has 0 radical (unpaired) electrons. The van der Waals surface area contributed by atoms with E-state index >= 15 is 0 Å². The van der Waals surface area contributed by atoms with Gasteiger partial charge in [-0.05, 0) is 6.07 Å². The third-order valence-electron chi connectivity index (χ3n) is 2.40. The van der Waals surface area contributed by atoms with Crippen molar-refractivity contribution in [2.24, 2.45) is 0 Å². The summed E-state index contributed by atoms with van der Waals surface area (Å²) in [5.41, 5.74) is 5.00. The Morgan fingerprint density at radius 1 is 1.47 bits per heavy atom. The molecule has 2 aromatic rings. The van der Waals surface area contributed by atoms with Gasteiger partial charge in [-0.25, -0.2) is 4.68 Å². The number of carbonyl (C=O) groups is 1. The zero-order valence-corrected chi connectivity index (χ0v) is 9.48. The van der Waals surface area contributed by atoms with Gasteiger partial charge in [0.2, 0.25) is 0 Å². The molecule has 94 valence electrons. The van der Waals surface area contributed by atoms with Crippen molar-refractivity contribution in [3.8, 4) is 6.07 Å². The highest BCUT2D eigenvalue weighted by Gasteiger charge is 2.22. The maximum absolute atomic E-state index is 12.1. The number of anilines is 1. The number of nitrogens with zero attached hydrogens (tertiary/aromatic N) is 4. The summed E-state index contributed by atoms with van der Waals surface area (Å²) < 4.78 is 0.816. The minimum absolute atomic E-state index is 0.0342. The predicted molar refractivity (Wildman–Crippen MR) is 64.2 cm³/mol. The maximum atomic E-state index is 12.1. The van der Waals surface area contributed by atoms with Gasteiger partial charge in [0.25, 0.3) is 11.6 Å². The molecule has 0 aliphatic heterocycles. The molecule has 0 aliphatic carbocycles. The Morgan fingerprint density at radius 2 is 2.16 bits per heavy atom. The molecule has 0 aliphatic rings. The van der Waals surface area contributed by atoms with E-state index in [4.69, 9.17) is 11.0 Å². The van der Waals surface area contributed by atoms with Crippen LogP contribution in [0.5, 0.6) is 0 Å². The van der Waals surface area contributed by atoms with Gasteiger partial charge in [-0.3, -0.25) is 14.9 Å². The molecule has 1 aromatic heterocycles. The number of nitrogen functional groups attached to an aromatic ring is 1. The molecule has 8 heteroatoms. The van der Waals surface area contributed by atoms with Gasteiger partial charge in [-0.15, -0.1) is 5.10 Å². The van der Waals surface area contributed by atoms with E-state index in [2.05, 4.69) is 5.10 Å². The molecule has 1 aromatic carbocycles. The number of benzene rings is 1. The number of nitro groups is 1. The van der Waals surface area contributed by atoms with Gasteiger partial charge >= 0.3 is 0 Å². The lowest BCUT2D eigenvalue weighted by Gasteiger charge is -2.01. The Kier molecular flexibility index (Phi) is 2.95. The molecule has 1 heterocycles. The normalized spacial score (nSPS) is 9.84.